The fourth-order valence-electron chi connectivity index (χ4n) is 3.76. The second-order valence-electron chi connectivity index (χ2n) is 6.31. The highest BCUT2D eigenvalue weighted by atomic mass is 14.9. The average molecular weight is 299 g/mol. The molecular formula is C22H21N. The molecule has 4 rings (SSSR count). The summed E-state index contributed by atoms with van der Waals surface area (Å²) in [5, 5.41) is 3.63. The summed E-state index contributed by atoms with van der Waals surface area (Å²) in [6.07, 6.45) is 1.10. The predicted octanol–water partition coefficient (Wildman–Crippen LogP) is 5.10. The Kier molecular flexibility index (Phi) is 3.85. The van der Waals surface area contributed by atoms with Crippen LogP contribution in [0.15, 0.2) is 84.9 Å². The van der Waals surface area contributed by atoms with E-state index in [1.807, 2.05) is 0 Å². The van der Waals surface area contributed by atoms with Crippen LogP contribution in [0.4, 0.5) is 5.69 Å². The van der Waals surface area contributed by atoms with E-state index in [4.69, 9.17) is 0 Å². The molecule has 1 nitrogen and oxygen atoms in total. The van der Waals surface area contributed by atoms with Crippen LogP contribution in [-0.2, 0) is 6.42 Å². The largest absolute Gasteiger partial charge is 0.384 e. The van der Waals surface area contributed by atoms with E-state index in [0.717, 1.165) is 13.0 Å². The lowest BCUT2D eigenvalue weighted by molar-refractivity contribution is 0.474. The van der Waals surface area contributed by atoms with E-state index >= 15 is 0 Å². The van der Waals surface area contributed by atoms with Crippen molar-refractivity contribution in [3.8, 4) is 0 Å². The SMILES string of the molecule is c1ccc(C[C@@H]2CNc3ccccc3[C@H]2c2ccccc2)cc1. The van der Waals surface area contributed by atoms with Gasteiger partial charge in [0.05, 0.1) is 0 Å². The molecule has 0 fully saturated rings. The first-order valence-corrected chi connectivity index (χ1v) is 8.33. The molecule has 1 aliphatic heterocycles. The Labute approximate surface area is 138 Å². The molecule has 0 unspecified atom stereocenters. The van der Waals surface area contributed by atoms with Gasteiger partial charge in [-0.25, -0.2) is 0 Å². The Balaban J connectivity index is 1.74. The summed E-state index contributed by atoms with van der Waals surface area (Å²) in [4.78, 5) is 0. The number of hydrogen-bond acceptors (Lipinski definition) is 1. The third-order valence-electron chi connectivity index (χ3n) is 4.82. The lowest BCUT2D eigenvalue weighted by atomic mass is 9.75. The van der Waals surface area contributed by atoms with Gasteiger partial charge >= 0.3 is 0 Å². The molecule has 3 aromatic carbocycles. The third-order valence-corrected chi connectivity index (χ3v) is 4.82. The van der Waals surface area contributed by atoms with Crippen LogP contribution in [-0.4, -0.2) is 6.54 Å². The molecule has 3 aromatic rings. The van der Waals surface area contributed by atoms with Crippen LogP contribution in [0.25, 0.3) is 0 Å². The quantitative estimate of drug-likeness (QED) is 0.709. The van der Waals surface area contributed by atoms with Crippen LogP contribution in [0, 0.1) is 5.92 Å². The van der Waals surface area contributed by atoms with E-state index in [1.54, 1.807) is 0 Å². The predicted molar refractivity (Wildman–Crippen MR) is 96.9 cm³/mol. The zero-order valence-electron chi connectivity index (χ0n) is 13.2. The van der Waals surface area contributed by atoms with Gasteiger partial charge in [0.15, 0.2) is 0 Å². The highest BCUT2D eigenvalue weighted by molar-refractivity contribution is 5.58. The van der Waals surface area contributed by atoms with Crippen LogP contribution in [0.1, 0.15) is 22.6 Å². The van der Waals surface area contributed by atoms with E-state index in [-0.39, 0.29) is 0 Å². The fraction of sp³-hybridized carbons (Fsp3) is 0.182. The Morgan fingerprint density at radius 2 is 1.39 bits per heavy atom. The van der Waals surface area contributed by atoms with E-state index in [1.165, 1.54) is 22.4 Å². The van der Waals surface area contributed by atoms with Gasteiger partial charge in [0.1, 0.15) is 0 Å². The van der Waals surface area contributed by atoms with Gasteiger partial charge in [-0.3, -0.25) is 0 Å². The zero-order valence-corrected chi connectivity index (χ0v) is 13.2. The van der Waals surface area contributed by atoms with Crippen LogP contribution in [0.3, 0.4) is 0 Å². The molecule has 0 saturated heterocycles. The summed E-state index contributed by atoms with van der Waals surface area (Å²) in [6.45, 7) is 1.02. The highest BCUT2D eigenvalue weighted by Crippen LogP contribution is 2.41. The van der Waals surface area contributed by atoms with Crippen molar-refractivity contribution in [3.63, 3.8) is 0 Å². The molecule has 23 heavy (non-hydrogen) atoms. The molecule has 1 heteroatoms. The summed E-state index contributed by atoms with van der Waals surface area (Å²) in [5.74, 6) is 1.02. The first-order valence-electron chi connectivity index (χ1n) is 8.33. The molecule has 0 saturated carbocycles. The topological polar surface area (TPSA) is 12.0 Å². The monoisotopic (exact) mass is 299 g/mol. The number of rotatable bonds is 3. The first-order chi connectivity index (χ1) is 11.4. The Morgan fingerprint density at radius 3 is 2.17 bits per heavy atom. The average Bonchev–Trinajstić information content (AvgIpc) is 2.63. The molecule has 0 aliphatic carbocycles. The maximum atomic E-state index is 3.63. The molecule has 1 N–H and O–H groups in total. The summed E-state index contributed by atoms with van der Waals surface area (Å²) in [5.41, 5.74) is 5.54. The second-order valence-corrected chi connectivity index (χ2v) is 6.31. The van der Waals surface area contributed by atoms with Crippen LogP contribution in [0.2, 0.25) is 0 Å². The molecule has 0 spiro atoms. The van der Waals surface area contributed by atoms with Gasteiger partial charge in [-0.15, -0.1) is 0 Å². The van der Waals surface area contributed by atoms with Crippen molar-refractivity contribution in [2.24, 2.45) is 5.92 Å². The van der Waals surface area contributed by atoms with E-state index < -0.39 is 0 Å². The van der Waals surface area contributed by atoms with E-state index in [0.29, 0.717) is 11.8 Å². The van der Waals surface area contributed by atoms with Gasteiger partial charge in [0.2, 0.25) is 0 Å². The maximum Gasteiger partial charge on any atom is 0.0379 e. The summed E-state index contributed by atoms with van der Waals surface area (Å²) in [6, 6.07) is 30.5. The van der Waals surface area contributed by atoms with Gasteiger partial charge in [-0.05, 0) is 35.1 Å². The Bertz CT molecular complexity index is 764. The number of nitrogens with one attached hydrogen (secondary N) is 1. The summed E-state index contributed by atoms with van der Waals surface area (Å²) in [7, 11) is 0. The second kappa shape index (κ2) is 6.29. The lowest BCUT2D eigenvalue weighted by Gasteiger charge is -2.35. The minimum atomic E-state index is 0.453. The highest BCUT2D eigenvalue weighted by Gasteiger charge is 2.30. The van der Waals surface area contributed by atoms with Crippen molar-refractivity contribution < 1.29 is 0 Å². The van der Waals surface area contributed by atoms with Crippen LogP contribution in [0.5, 0.6) is 0 Å². The fourth-order valence-corrected chi connectivity index (χ4v) is 3.76. The van der Waals surface area contributed by atoms with E-state index in [9.17, 15) is 0 Å². The molecular weight excluding hydrogens is 278 g/mol. The number of anilines is 1. The first kappa shape index (κ1) is 14.1. The standard InChI is InChI=1S/C22H21N/c1-3-9-17(10-4-1)15-19-16-23-21-14-8-7-13-20(21)22(19)18-11-5-2-6-12-18/h1-14,19,22-23H,15-16H2/t19-,22+/m1/s1. The Morgan fingerprint density at radius 1 is 0.739 bits per heavy atom. The summed E-state index contributed by atoms with van der Waals surface area (Å²) < 4.78 is 0. The molecule has 2 atom stereocenters. The van der Waals surface area contributed by atoms with Crippen molar-refractivity contribution >= 4 is 5.69 Å². The molecule has 0 aromatic heterocycles. The van der Waals surface area contributed by atoms with Crippen LogP contribution < -0.4 is 5.32 Å². The minimum Gasteiger partial charge on any atom is -0.384 e. The van der Waals surface area contributed by atoms with Crippen LogP contribution >= 0.6 is 0 Å². The van der Waals surface area contributed by atoms with Gasteiger partial charge in [-0.1, -0.05) is 78.9 Å². The van der Waals surface area contributed by atoms with Crippen molar-refractivity contribution in [3.05, 3.63) is 102 Å². The molecule has 114 valence electrons. The molecule has 0 amide bonds. The maximum absolute atomic E-state index is 3.63. The van der Waals surface area contributed by atoms with Crippen molar-refractivity contribution in [1.82, 2.24) is 0 Å². The van der Waals surface area contributed by atoms with Gasteiger partial charge in [0, 0.05) is 18.2 Å². The molecule has 1 heterocycles. The van der Waals surface area contributed by atoms with Crippen molar-refractivity contribution in [2.45, 2.75) is 12.3 Å². The Hall–Kier alpha value is -2.54. The smallest absolute Gasteiger partial charge is 0.0379 e. The normalized spacial score (nSPS) is 19.7. The number of hydrogen-bond donors (Lipinski definition) is 1. The summed E-state index contributed by atoms with van der Waals surface area (Å²) >= 11 is 0. The number of fused-ring (bicyclic) bond motifs is 1. The zero-order chi connectivity index (χ0) is 15.5. The van der Waals surface area contributed by atoms with Crippen molar-refractivity contribution in [1.29, 1.82) is 0 Å². The lowest BCUT2D eigenvalue weighted by Crippen LogP contribution is -2.30. The number of para-hydroxylation sites is 1. The van der Waals surface area contributed by atoms with Crippen molar-refractivity contribution in [2.75, 3.05) is 11.9 Å². The van der Waals surface area contributed by atoms with Gasteiger partial charge in [0.25, 0.3) is 0 Å². The molecule has 0 bridgehead atoms. The third kappa shape index (κ3) is 2.87. The van der Waals surface area contributed by atoms with Gasteiger partial charge in [-0.2, -0.15) is 0 Å². The number of benzene rings is 3. The molecule has 0 radical (unpaired) electrons. The molecule has 1 aliphatic rings. The minimum absolute atomic E-state index is 0.453. The van der Waals surface area contributed by atoms with E-state index in [2.05, 4.69) is 90.2 Å². The van der Waals surface area contributed by atoms with Gasteiger partial charge < -0.3 is 5.32 Å².